The van der Waals surface area contributed by atoms with Crippen LogP contribution >= 0.6 is 0 Å². The Kier molecular flexibility index (Phi) is 7.22. The molecular weight excluding hydrogens is 627 g/mol. The minimum atomic E-state index is 0.964. The van der Waals surface area contributed by atoms with Crippen molar-refractivity contribution in [3.63, 3.8) is 0 Å². The van der Waals surface area contributed by atoms with Gasteiger partial charge in [-0.05, 0) is 83.0 Å². The molecule has 0 amide bonds. The summed E-state index contributed by atoms with van der Waals surface area (Å²) in [6, 6.07) is 72.3. The van der Waals surface area contributed by atoms with Crippen molar-refractivity contribution >= 4 is 43.1 Å². The number of aromatic nitrogens is 1. The lowest BCUT2D eigenvalue weighted by atomic mass is 9.84. The molecule has 1 nitrogen and oxygen atoms in total. The number of pyridine rings is 1. The third-order valence-corrected chi connectivity index (χ3v) is 10.5. The van der Waals surface area contributed by atoms with Gasteiger partial charge < -0.3 is 0 Å². The van der Waals surface area contributed by atoms with Gasteiger partial charge in [0.1, 0.15) is 0 Å². The van der Waals surface area contributed by atoms with Gasteiger partial charge in [0.05, 0.1) is 11.4 Å². The highest BCUT2D eigenvalue weighted by Crippen LogP contribution is 2.46. The molecule has 0 fully saturated rings. The van der Waals surface area contributed by atoms with Gasteiger partial charge in [-0.2, -0.15) is 0 Å². The zero-order valence-electron chi connectivity index (χ0n) is 28.5. The van der Waals surface area contributed by atoms with Crippen LogP contribution in [-0.2, 0) is 0 Å². The Morgan fingerprint density at radius 3 is 1.38 bits per heavy atom. The fourth-order valence-electron chi connectivity index (χ4n) is 8.11. The molecule has 1 heterocycles. The Morgan fingerprint density at radius 2 is 0.750 bits per heavy atom. The highest BCUT2D eigenvalue weighted by Gasteiger charge is 2.20. The van der Waals surface area contributed by atoms with Crippen LogP contribution in [0.1, 0.15) is 0 Å². The number of fused-ring (bicyclic) bond motifs is 4. The lowest BCUT2D eigenvalue weighted by molar-refractivity contribution is 1.33. The lowest BCUT2D eigenvalue weighted by Crippen LogP contribution is -1.95. The van der Waals surface area contributed by atoms with E-state index in [0.29, 0.717) is 0 Å². The highest BCUT2D eigenvalue weighted by molar-refractivity contribution is 6.22. The predicted molar refractivity (Wildman–Crippen MR) is 221 cm³/mol. The second kappa shape index (κ2) is 12.5. The first-order valence-electron chi connectivity index (χ1n) is 17.9. The van der Waals surface area contributed by atoms with Crippen molar-refractivity contribution < 1.29 is 0 Å². The predicted octanol–water partition coefficient (Wildman–Crippen LogP) is 14.0. The Labute approximate surface area is 303 Å². The van der Waals surface area contributed by atoms with E-state index in [1.807, 2.05) is 0 Å². The van der Waals surface area contributed by atoms with E-state index in [1.54, 1.807) is 0 Å². The minimum Gasteiger partial charge on any atom is -0.247 e. The molecule has 52 heavy (non-hydrogen) atoms. The van der Waals surface area contributed by atoms with Crippen molar-refractivity contribution in [3.8, 4) is 55.9 Å². The van der Waals surface area contributed by atoms with E-state index in [1.165, 1.54) is 65.3 Å². The molecule has 0 atom stereocenters. The van der Waals surface area contributed by atoms with Crippen LogP contribution in [0.3, 0.4) is 0 Å². The van der Waals surface area contributed by atoms with E-state index in [-0.39, 0.29) is 0 Å². The van der Waals surface area contributed by atoms with Crippen LogP contribution in [0.5, 0.6) is 0 Å². The maximum atomic E-state index is 5.57. The van der Waals surface area contributed by atoms with Gasteiger partial charge in [0.25, 0.3) is 0 Å². The van der Waals surface area contributed by atoms with Gasteiger partial charge in [0.15, 0.2) is 0 Å². The van der Waals surface area contributed by atoms with E-state index >= 15 is 0 Å². The summed E-state index contributed by atoms with van der Waals surface area (Å²) in [5.41, 5.74) is 11.4. The van der Waals surface area contributed by atoms with Gasteiger partial charge in [0.2, 0.25) is 0 Å². The zero-order chi connectivity index (χ0) is 34.4. The van der Waals surface area contributed by atoms with Crippen LogP contribution in [0, 0.1) is 0 Å². The van der Waals surface area contributed by atoms with Gasteiger partial charge in [0, 0.05) is 16.7 Å². The van der Waals surface area contributed by atoms with Crippen molar-refractivity contribution in [1.82, 2.24) is 4.98 Å². The standard InChI is InChI=1S/C51H33N/c1-3-17-36(18-4-1)49-43-25-11-12-26-44(43)50(37-19-5-2-6-20-37)47-33-38(29-30-45(47)49)41-31-32-48(42-27-13-21-34-15-7-9-23-39(34)42)52-51(41)46-28-14-22-35-16-8-10-24-40(35)46/h1-33H. The number of hydrogen-bond acceptors (Lipinski definition) is 1. The first kappa shape index (κ1) is 30.0. The second-order valence-electron chi connectivity index (χ2n) is 13.4. The molecule has 0 N–H and O–H groups in total. The number of nitrogens with zero attached hydrogens (tertiary/aromatic N) is 1. The molecule has 1 aromatic heterocycles. The number of rotatable bonds is 5. The maximum Gasteiger partial charge on any atom is 0.0794 e. The third-order valence-electron chi connectivity index (χ3n) is 10.5. The van der Waals surface area contributed by atoms with Crippen LogP contribution in [0.4, 0.5) is 0 Å². The largest absolute Gasteiger partial charge is 0.247 e. The Balaban J connectivity index is 1.29. The summed E-state index contributed by atoms with van der Waals surface area (Å²) in [4.78, 5) is 5.57. The van der Waals surface area contributed by atoms with E-state index in [2.05, 4.69) is 200 Å². The quantitative estimate of drug-likeness (QED) is 0.168. The average Bonchev–Trinajstić information content (AvgIpc) is 3.22. The molecule has 0 bridgehead atoms. The average molecular weight is 660 g/mol. The van der Waals surface area contributed by atoms with Crippen LogP contribution < -0.4 is 0 Å². The normalized spacial score (nSPS) is 11.5. The Morgan fingerprint density at radius 1 is 0.269 bits per heavy atom. The van der Waals surface area contributed by atoms with Gasteiger partial charge in [-0.3, -0.25) is 0 Å². The van der Waals surface area contributed by atoms with Crippen molar-refractivity contribution in [1.29, 1.82) is 0 Å². The fraction of sp³-hybridized carbons (Fsp3) is 0. The molecule has 0 unspecified atom stereocenters. The van der Waals surface area contributed by atoms with Crippen molar-refractivity contribution in [2.75, 3.05) is 0 Å². The highest BCUT2D eigenvalue weighted by atomic mass is 14.7. The minimum absolute atomic E-state index is 0.964. The third kappa shape index (κ3) is 4.98. The first-order valence-corrected chi connectivity index (χ1v) is 17.9. The van der Waals surface area contributed by atoms with E-state index < -0.39 is 0 Å². The summed E-state index contributed by atoms with van der Waals surface area (Å²) in [6.07, 6.45) is 0. The van der Waals surface area contributed by atoms with Gasteiger partial charge in [-0.15, -0.1) is 0 Å². The molecule has 0 aliphatic carbocycles. The first-order chi connectivity index (χ1) is 25.8. The molecule has 0 aliphatic rings. The smallest absolute Gasteiger partial charge is 0.0794 e. The lowest BCUT2D eigenvalue weighted by Gasteiger charge is -2.19. The molecule has 0 saturated carbocycles. The van der Waals surface area contributed by atoms with Crippen molar-refractivity contribution in [2.24, 2.45) is 0 Å². The molecule has 1 heteroatoms. The molecule has 242 valence electrons. The number of hydrogen-bond donors (Lipinski definition) is 0. The molecule has 0 saturated heterocycles. The molecule has 0 radical (unpaired) electrons. The topological polar surface area (TPSA) is 12.9 Å². The summed E-state index contributed by atoms with van der Waals surface area (Å²) >= 11 is 0. The summed E-state index contributed by atoms with van der Waals surface area (Å²) in [5, 5.41) is 9.77. The zero-order valence-corrected chi connectivity index (χ0v) is 28.5. The van der Waals surface area contributed by atoms with Gasteiger partial charge in [-0.25, -0.2) is 4.98 Å². The fourth-order valence-corrected chi connectivity index (χ4v) is 8.11. The number of benzene rings is 9. The molecule has 10 rings (SSSR count). The van der Waals surface area contributed by atoms with Crippen molar-refractivity contribution in [2.45, 2.75) is 0 Å². The van der Waals surface area contributed by atoms with Crippen LogP contribution in [0.15, 0.2) is 200 Å². The molecule has 9 aromatic carbocycles. The van der Waals surface area contributed by atoms with Crippen LogP contribution in [0.25, 0.3) is 99.0 Å². The SMILES string of the molecule is c1ccc(-c2c3ccccc3c(-c3ccccc3)c3cc(-c4ccc(-c5cccc6ccccc56)nc4-c4cccc5ccccc45)ccc23)cc1. The van der Waals surface area contributed by atoms with Crippen molar-refractivity contribution in [3.05, 3.63) is 200 Å². The molecule has 10 aromatic rings. The van der Waals surface area contributed by atoms with Gasteiger partial charge in [-0.1, -0.05) is 188 Å². The Bertz CT molecular complexity index is 2930. The summed E-state index contributed by atoms with van der Waals surface area (Å²) in [7, 11) is 0. The van der Waals surface area contributed by atoms with Gasteiger partial charge >= 0.3 is 0 Å². The van der Waals surface area contributed by atoms with Crippen LogP contribution in [-0.4, -0.2) is 4.98 Å². The summed E-state index contributed by atoms with van der Waals surface area (Å²) in [6.45, 7) is 0. The molecular formula is C51H33N. The van der Waals surface area contributed by atoms with E-state index in [0.717, 1.165) is 33.6 Å². The van der Waals surface area contributed by atoms with E-state index in [9.17, 15) is 0 Å². The summed E-state index contributed by atoms with van der Waals surface area (Å²) < 4.78 is 0. The van der Waals surface area contributed by atoms with Crippen LogP contribution in [0.2, 0.25) is 0 Å². The Hall–Kier alpha value is -6.83. The molecule has 0 aliphatic heterocycles. The maximum absolute atomic E-state index is 5.57. The summed E-state index contributed by atoms with van der Waals surface area (Å²) in [5.74, 6) is 0. The van der Waals surface area contributed by atoms with E-state index in [4.69, 9.17) is 4.98 Å². The second-order valence-corrected chi connectivity index (χ2v) is 13.4. The molecule has 0 spiro atoms. The monoisotopic (exact) mass is 659 g/mol.